The summed E-state index contributed by atoms with van der Waals surface area (Å²) < 4.78 is 5.04. The van der Waals surface area contributed by atoms with Crippen LogP contribution in [0.25, 0.3) is 0 Å². The molecule has 5 nitrogen and oxygen atoms in total. The molecule has 2 rings (SSSR count). The van der Waals surface area contributed by atoms with Crippen molar-refractivity contribution >= 4 is 11.7 Å². The molecule has 0 radical (unpaired) electrons. The molecular weight excluding hydrogens is 218 g/mol. The van der Waals surface area contributed by atoms with E-state index in [1.165, 1.54) is 12.5 Å². The number of aryl methyl sites for hydroxylation is 1. The van der Waals surface area contributed by atoms with Crippen molar-refractivity contribution in [3.63, 3.8) is 0 Å². The van der Waals surface area contributed by atoms with E-state index in [9.17, 15) is 4.79 Å². The van der Waals surface area contributed by atoms with Crippen LogP contribution in [0.4, 0.5) is 5.82 Å². The van der Waals surface area contributed by atoms with Crippen molar-refractivity contribution in [1.82, 2.24) is 4.98 Å². The van der Waals surface area contributed by atoms with Crippen LogP contribution in [-0.2, 0) is 0 Å². The Morgan fingerprint density at radius 3 is 2.82 bits per heavy atom. The molecule has 0 bridgehead atoms. The number of nitriles is 1. The fraction of sp³-hybridized carbons (Fsp3) is 0.0833. The molecule has 0 spiro atoms. The van der Waals surface area contributed by atoms with Gasteiger partial charge in [-0.05, 0) is 25.1 Å². The molecule has 5 heteroatoms. The zero-order valence-electron chi connectivity index (χ0n) is 9.10. The lowest BCUT2D eigenvalue weighted by molar-refractivity contribution is 0.102. The molecule has 0 aliphatic heterocycles. The zero-order chi connectivity index (χ0) is 12.3. The largest absolute Gasteiger partial charge is 0.469 e. The molecule has 0 aliphatic rings. The number of aromatic nitrogens is 1. The highest BCUT2D eigenvalue weighted by molar-refractivity contribution is 6.04. The molecule has 0 fully saturated rings. The quantitative estimate of drug-likeness (QED) is 0.852. The Hall–Kier alpha value is -2.61. The van der Waals surface area contributed by atoms with Crippen molar-refractivity contribution in [3.8, 4) is 6.07 Å². The fourth-order valence-corrected chi connectivity index (χ4v) is 1.34. The van der Waals surface area contributed by atoms with E-state index in [2.05, 4.69) is 10.3 Å². The number of hydrogen-bond acceptors (Lipinski definition) is 4. The van der Waals surface area contributed by atoms with Gasteiger partial charge >= 0.3 is 0 Å². The Morgan fingerprint density at radius 2 is 2.29 bits per heavy atom. The molecule has 17 heavy (non-hydrogen) atoms. The van der Waals surface area contributed by atoms with Gasteiger partial charge in [-0.1, -0.05) is 0 Å². The first-order valence-electron chi connectivity index (χ1n) is 4.92. The summed E-state index contributed by atoms with van der Waals surface area (Å²) in [5.41, 5.74) is 0.915. The van der Waals surface area contributed by atoms with E-state index >= 15 is 0 Å². The number of nitrogens with zero attached hydrogens (tertiary/aromatic N) is 2. The summed E-state index contributed by atoms with van der Waals surface area (Å²) >= 11 is 0. The number of pyridine rings is 1. The van der Waals surface area contributed by atoms with E-state index in [-0.39, 0.29) is 5.91 Å². The predicted octanol–water partition coefficient (Wildman–Crippen LogP) is 2.11. The normalized spacial score (nSPS) is 9.65. The summed E-state index contributed by atoms with van der Waals surface area (Å²) in [7, 11) is 0. The van der Waals surface area contributed by atoms with Crippen molar-refractivity contribution in [2.24, 2.45) is 0 Å². The van der Waals surface area contributed by atoms with Gasteiger partial charge in [-0.15, -0.1) is 0 Å². The highest BCUT2D eigenvalue weighted by Gasteiger charge is 2.11. The predicted molar refractivity (Wildman–Crippen MR) is 60.4 cm³/mol. The second-order valence-electron chi connectivity index (χ2n) is 3.39. The fourth-order valence-electron chi connectivity index (χ4n) is 1.34. The first kappa shape index (κ1) is 10.9. The second-order valence-corrected chi connectivity index (χ2v) is 3.39. The maximum absolute atomic E-state index is 11.8. The lowest BCUT2D eigenvalue weighted by Gasteiger charge is -2.02. The number of furan rings is 1. The smallest absolute Gasteiger partial charge is 0.260 e. The van der Waals surface area contributed by atoms with Crippen molar-refractivity contribution in [2.45, 2.75) is 6.92 Å². The maximum Gasteiger partial charge on any atom is 0.260 e. The van der Waals surface area contributed by atoms with E-state index in [1.807, 2.05) is 6.07 Å². The summed E-state index contributed by atoms with van der Waals surface area (Å²) in [6.07, 6.45) is 2.86. The molecule has 0 unspecified atom stereocenters. The van der Waals surface area contributed by atoms with Gasteiger partial charge in [0.25, 0.3) is 5.91 Å². The Balaban J connectivity index is 2.14. The molecule has 1 amide bonds. The van der Waals surface area contributed by atoms with E-state index in [4.69, 9.17) is 9.68 Å². The maximum atomic E-state index is 11.8. The van der Waals surface area contributed by atoms with Gasteiger partial charge in [0.2, 0.25) is 0 Å². The first-order valence-corrected chi connectivity index (χ1v) is 4.92. The molecule has 0 aromatic carbocycles. The van der Waals surface area contributed by atoms with Gasteiger partial charge in [-0.25, -0.2) is 4.98 Å². The molecule has 0 saturated heterocycles. The lowest BCUT2D eigenvalue weighted by Crippen LogP contribution is -2.13. The van der Waals surface area contributed by atoms with Crippen LogP contribution in [0.2, 0.25) is 0 Å². The van der Waals surface area contributed by atoms with Crippen molar-refractivity contribution < 1.29 is 9.21 Å². The van der Waals surface area contributed by atoms with Crippen LogP contribution in [0.5, 0.6) is 0 Å². The van der Waals surface area contributed by atoms with Crippen LogP contribution >= 0.6 is 0 Å². The van der Waals surface area contributed by atoms with Crippen LogP contribution in [-0.4, -0.2) is 10.9 Å². The van der Waals surface area contributed by atoms with Crippen LogP contribution < -0.4 is 5.32 Å². The minimum atomic E-state index is -0.284. The highest BCUT2D eigenvalue weighted by atomic mass is 16.3. The average Bonchev–Trinajstić information content (AvgIpc) is 2.76. The summed E-state index contributed by atoms with van der Waals surface area (Å²) in [6.45, 7) is 1.71. The summed E-state index contributed by atoms with van der Waals surface area (Å²) in [6, 6.07) is 6.71. The van der Waals surface area contributed by atoms with Crippen LogP contribution in [0.3, 0.4) is 0 Å². The van der Waals surface area contributed by atoms with E-state index in [0.29, 0.717) is 22.7 Å². The molecule has 2 aromatic rings. The number of rotatable bonds is 2. The molecule has 2 aromatic heterocycles. The third kappa shape index (κ3) is 2.32. The van der Waals surface area contributed by atoms with Gasteiger partial charge in [-0.3, -0.25) is 4.79 Å². The molecule has 0 atom stereocenters. The summed E-state index contributed by atoms with van der Waals surface area (Å²) in [4.78, 5) is 15.7. The zero-order valence-corrected chi connectivity index (χ0v) is 9.10. The monoisotopic (exact) mass is 227 g/mol. The Kier molecular flexibility index (Phi) is 2.88. The third-order valence-corrected chi connectivity index (χ3v) is 2.24. The Morgan fingerprint density at radius 1 is 1.47 bits per heavy atom. The van der Waals surface area contributed by atoms with Crippen molar-refractivity contribution in [2.75, 3.05) is 5.32 Å². The van der Waals surface area contributed by atoms with Gasteiger partial charge < -0.3 is 9.73 Å². The summed E-state index contributed by atoms with van der Waals surface area (Å²) in [5, 5.41) is 11.2. The van der Waals surface area contributed by atoms with Crippen LogP contribution in [0, 0.1) is 18.3 Å². The van der Waals surface area contributed by atoms with E-state index < -0.39 is 0 Å². The highest BCUT2D eigenvalue weighted by Crippen LogP contribution is 2.11. The molecule has 84 valence electrons. The molecular formula is C12H9N3O2. The third-order valence-electron chi connectivity index (χ3n) is 2.24. The molecule has 1 N–H and O–H groups in total. The Labute approximate surface area is 97.7 Å². The van der Waals surface area contributed by atoms with E-state index in [1.54, 1.807) is 25.1 Å². The molecule has 0 saturated carbocycles. The number of hydrogen-bond donors (Lipinski definition) is 1. The number of anilines is 1. The minimum absolute atomic E-state index is 0.284. The van der Waals surface area contributed by atoms with Crippen molar-refractivity contribution in [3.05, 3.63) is 47.5 Å². The standard InChI is InChI=1S/C12H9N3O2/c1-8-10(4-5-17-8)12(16)15-11-3-2-9(6-13)7-14-11/h2-5,7H,1H3,(H,14,15,16). The molecule has 0 aliphatic carbocycles. The van der Waals surface area contributed by atoms with Crippen molar-refractivity contribution in [1.29, 1.82) is 5.26 Å². The van der Waals surface area contributed by atoms with Gasteiger partial charge in [0.05, 0.1) is 17.4 Å². The lowest BCUT2D eigenvalue weighted by atomic mass is 10.2. The van der Waals surface area contributed by atoms with Gasteiger partial charge in [-0.2, -0.15) is 5.26 Å². The number of carbonyl (C=O) groups excluding carboxylic acids is 1. The minimum Gasteiger partial charge on any atom is -0.469 e. The Bertz CT molecular complexity index is 579. The topological polar surface area (TPSA) is 78.9 Å². The number of nitrogens with one attached hydrogen (secondary N) is 1. The van der Waals surface area contributed by atoms with Gasteiger partial charge in [0, 0.05) is 6.20 Å². The van der Waals surface area contributed by atoms with Crippen LogP contribution in [0.1, 0.15) is 21.7 Å². The molecule has 2 heterocycles. The number of carbonyl (C=O) groups is 1. The van der Waals surface area contributed by atoms with E-state index in [0.717, 1.165) is 0 Å². The SMILES string of the molecule is Cc1occc1C(=O)Nc1ccc(C#N)cn1. The average molecular weight is 227 g/mol. The first-order chi connectivity index (χ1) is 8.20. The van der Waals surface area contributed by atoms with Gasteiger partial charge in [0.1, 0.15) is 17.6 Å². The summed E-state index contributed by atoms with van der Waals surface area (Å²) in [5.74, 6) is 0.666. The van der Waals surface area contributed by atoms with Gasteiger partial charge in [0.15, 0.2) is 0 Å². The second kappa shape index (κ2) is 4.49. The number of amides is 1. The van der Waals surface area contributed by atoms with Crippen LogP contribution in [0.15, 0.2) is 35.1 Å².